The maximum Gasteiger partial charge on any atom is 0.276 e. The molecule has 1 aromatic heterocycles. The molecule has 0 aromatic carbocycles. The van der Waals surface area contributed by atoms with Crippen LogP contribution in [0.2, 0.25) is 0 Å². The van der Waals surface area contributed by atoms with E-state index >= 15 is 0 Å². The molecule has 0 aliphatic rings. The molecule has 1 rings (SSSR count). The normalized spacial score (nSPS) is 10.3. The molecule has 0 atom stereocenters. The Labute approximate surface area is 94.5 Å². The Morgan fingerprint density at radius 1 is 1.31 bits per heavy atom. The Balaban J connectivity index is 2.27. The van der Waals surface area contributed by atoms with Gasteiger partial charge in [-0.05, 0) is 19.4 Å². The highest BCUT2D eigenvalue weighted by molar-refractivity contribution is 5.58. The Morgan fingerprint density at radius 2 is 2.06 bits per heavy atom. The largest absolute Gasteiger partial charge is 0.391 e. The second kappa shape index (κ2) is 6.84. The molecule has 0 unspecified atom stereocenters. The summed E-state index contributed by atoms with van der Waals surface area (Å²) in [7, 11) is 0. The van der Waals surface area contributed by atoms with E-state index in [-0.39, 0.29) is 11.2 Å². The first kappa shape index (κ1) is 12.5. The second-order valence-corrected chi connectivity index (χ2v) is 3.62. The second-order valence-electron chi connectivity index (χ2n) is 3.62. The highest BCUT2D eigenvalue weighted by Crippen LogP contribution is 2.07. The SMILES string of the molecule is NCCCCCCNc1nc[nH]c(=O)c1N. The van der Waals surface area contributed by atoms with Crippen LogP contribution in [-0.2, 0) is 0 Å². The molecule has 0 fully saturated rings. The number of aromatic nitrogens is 2. The molecule has 0 saturated carbocycles. The lowest BCUT2D eigenvalue weighted by Crippen LogP contribution is -2.16. The van der Waals surface area contributed by atoms with Crippen LogP contribution in [-0.4, -0.2) is 23.1 Å². The molecule has 0 aliphatic carbocycles. The number of aromatic amines is 1. The molecule has 0 amide bonds. The number of nitrogens with zero attached hydrogens (tertiary/aromatic N) is 1. The van der Waals surface area contributed by atoms with Gasteiger partial charge in [0.2, 0.25) is 0 Å². The number of hydrogen-bond acceptors (Lipinski definition) is 5. The van der Waals surface area contributed by atoms with Crippen molar-refractivity contribution < 1.29 is 0 Å². The average Bonchev–Trinajstić information content (AvgIpc) is 2.29. The first-order valence-corrected chi connectivity index (χ1v) is 5.53. The first-order chi connectivity index (χ1) is 7.75. The van der Waals surface area contributed by atoms with Crippen molar-refractivity contribution in [1.82, 2.24) is 9.97 Å². The summed E-state index contributed by atoms with van der Waals surface area (Å²) in [5.41, 5.74) is 10.8. The predicted octanol–water partition coefficient (Wildman–Crippen LogP) is 0.283. The summed E-state index contributed by atoms with van der Waals surface area (Å²) in [5.74, 6) is 0.461. The van der Waals surface area contributed by atoms with Gasteiger partial charge in [-0.1, -0.05) is 12.8 Å². The minimum absolute atomic E-state index is 0.143. The van der Waals surface area contributed by atoms with Crippen molar-refractivity contribution >= 4 is 11.5 Å². The number of nitrogens with two attached hydrogens (primary N) is 2. The number of nitrogens with one attached hydrogen (secondary N) is 2. The van der Waals surface area contributed by atoms with Crippen molar-refractivity contribution in [3.05, 3.63) is 16.7 Å². The van der Waals surface area contributed by atoms with Crippen LogP contribution in [0.5, 0.6) is 0 Å². The number of rotatable bonds is 7. The van der Waals surface area contributed by atoms with E-state index in [0.29, 0.717) is 5.82 Å². The monoisotopic (exact) mass is 225 g/mol. The van der Waals surface area contributed by atoms with Gasteiger partial charge in [0.05, 0.1) is 6.33 Å². The summed E-state index contributed by atoms with van der Waals surface area (Å²) in [6.07, 6.45) is 5.68. The van der Waals surface area contributed by atoms with Gasteiger partial charge in [-0.3, -0.25) is 4.79 Å². The van der Waals surface area contributed by atoms with Gasteiger partial charge in [0, 0.05) is 6.54 Å². The fraction of sp³-hybridized carbons (Fsp3) is 0.600. The lowest BCUT2D eigenvalue weighted by atomic mass is 10.2. The van der Waals surface area contributed by atoms with Crippen molar-refractivity contribution in [3.8, 4) is 0 Å². The summed E-state index contributed by atoms with van der Waals surface area (Å²) >= 11 is 0. The van der Waals surface area contributed by atoms with E-state index in [2.05, 4.69) is 15.3 Å². The minimum atomic E-state index is -0.305. The van der Waals surface area contributed by atoms with Gasteiger partial charge in [-0.25, -0.2) is 4.98 Å². The van der Waals surface area contributed by atoms with Crippen LogP contribution >= 0.6 is 0 Å². The summed E-state index contributed by atoms with van der Waals surface area (Å²) in [6, 6.07) is 0. The molecule has 6 nitrogen and oxygen atoms in total. The molecular formula is C10H19N5O. The molecule has 0 spiro atoms. The Hall–Kier alpha value is -1.56. The molecule has 90 valence electrons. The van der Waals surface area contributed by atoms with E-state index in [1.807, 2.05) is 0 Å². The lowest BCUT2D eigenvalue weighted by molar-refractivity contribution is 0.661. The maximum atomic E-state index is 11.1. The van der Waals surface area contributed by atoms with Crippen LogP contribution in [0.4, 0.5) is 11.5 Å². The molecule has 1 aromatic rings. The summed E-state index contributed by atoms with van der Waals surface area (Å²) in [5, 5.41) is 3.04. The number of H-pyrrole nitrogens is 1. The van der Waals surface area contributed by atoms with Gasteiger partial charge < -0.3 is 21.8 Å². The first-order valence-electron chi connectivity index (χ1n) is 5.53. The van der Waals surface area contributed by atoms with Crippen LogP contribution in [0.15, 0.2) is 11.1 Å². The van der Waals surface area contributed by atoms with Gasteiger partial charge in [0.25, 0.3) is 5.56 Å². The zero-order valence-corrected chi connectivity index (χ0v) is 9.33. The number of hydrogen-bond donors (Lipinski definition) is 4. The predicted molar refractivity (Wildman–Crippen MR) is 65.3 cm³/mol. The van der Waals surface area contributed by atoms with E-state index in [1.54, 1.807) is 0 Å². The van der Waals surface area contributed by atoms with Crippen LogP contribution in [0, 0.1) is 0 Å². The van der Waals surface area contributed by atoms with Gasteiger partial charge in [0.15, 0.2) is 5.82 Å². The van der Waals surface area contributed by atoms with E-state index in [4.69, 9.17) is 11.5 Å². The van der Waals surface area contributed by atoms with E-state index < -0.39 is 0 Å². The highest BCUT2D eigenvalue weighted by atomic mass is 16.1. The number of anilines is 2. The van der Waals surface area contributed by atoms with E-state index in [9.17, 15) is 4.79 Å². The molecule has 0 bridgehead atoms. The van der Waals surface area contributed by atoms with Crippen molar-refractivity contribution in [3.63, 3.8) is 0 Å². The maximum absolute atomic E-state index is 11.1. The molecule has 0 radical (unpaired) electrons. The van der Waals surface area contributed by atoms with Crippen molar-refractivity contribution in [2.75, 3.05) is 24.1 Å². The number of nitrogen functional groups attached to an aromatic ring is 1. The third-order valence-corrected chi connectivity index (χ3v) is 2.31. The zero-order chi connectivity index (χ0) is 11.8. The zero-order valence-electron chi connectivity index (χ0n) is 9.33. The lowest BCUT2D eigenvalue weighted by Gasteiger charge is -2.06. The van der Waals surface area contributed by atoms with Crippen molar-refractivity contribution in [2.24, 2.45) is 5.73 Å². The topological polar surface area (TPSA) is 110 Å². The molecular weight excluding hydrogens is 206 g/mol. The molecule has 1 heterocycles. The van der Waals surface area contributed by atoms with Gasteiger partial charge in [0.1, 0.15) is 5.69 Å². The summed E-state index contributed by atoms with van der Waals surface area (Å²) in [4.78, 5) is 17.5. The summed E-state index contributed by atoms with van der Waals surface area (Å²) in [6.45, 7) is 1.52. The Bertz CT molecular complexity index is 362. The van der Waals surface area contributed by atoms with Crippen molar-refractivity contribution in [2.45, 2.75) is 25.7 Å². The van der Waals surface area contributed by atoms with Crippen LogP contribution in [0.1, 0.15) is 25.7 Å². The standard InChI is InChI=1S/C10H19N5O/c11-5-3-1-2-4-6-13-9-8(12)10(16)15-7-14-9/h7H,1-6,11-12H2,(H2,13,14,15,16). The van der Waals surface area contributed by atoms with Gasteiger partial charge in [-0.15, -0.1) is 0 Å². The van der Waals surface area contributed by atoms with E-state index in [0.717, 1.165) is 38.8 Å². The van der Waals surface area contributed by atoms with Gasteiger partial charge >= 0.3 is 0 Å². The van der Waals surface area contributed by atoms with E-state index in [1.165, 1.54) is 6.33 Å². The number of unbranched alkanes of at least 4 members (excludes halogenated alkanes) is 3. The third kappa shape index (κ3) is 3.90. The van der Waals surface area contributed by atoms with Crippen LogP contribution < -0.4 is 22.3 Å². The fourth-order valence-electron chi connectivity index (χ4n) is 1.38. The molecule has 0 saturated heterocycles. The third-order valence-electron chi connectivity index (χ3n) is 2.31. The van der Waals surface area contributed by atoms with Gasteiger partial charge in [-0.2, -0.15) is 0 Å². The minimum Gasteiger partial charge on any atom is -0.391 e. The Kier molecular flexibility index (Phi) is 5.35. The molecule has 0 aliphatic heterocycles. The highest BCUT2D eigenvalue weighted by Gasteiger charge is 2.02. The fourth-order valence-corrected chi connectivity index (χ4v) is 1.38. The van der Waals surface area contributed by atoms with Crippen LogP contribution in [0.25, 0.3) is 0 Å². The molecule has 16 heavy (non-hydrogen) atoms. The molecule has 6 heteroatoms. The smallest absolute Gasteiger partial charge is 0.276 e. The average molecular weight is 225 g/mol. The van der Waals surface area contributed by atoms with Crippen molar-refractivity contribution in [1.29, 1.82) is 0 Å². The quantitative estimate of drug-likeness (QED) is 0.498. The summed E-state index contributed by atoms with van der Waals surface area (Å²) < 4.78 is 0. The molecule has 6 N–H and O–H groups in total. The Morgan fingerprint density at radius 3 is 2.81 bits per heavy atom. The van der Waals surface area contributed by atoms with Crippen LogP contribution in [0.3, 0.4) is 0 Å².